The van der Waals surface area contributed by atoms with E-state index >= 15 is 0 Å². The van der Waals surface area contributed by atoms with E-state index < -0.39 is 101 Å². The van der Waals surface area contributed by atoms with E-state index in [2.05, 4.69) is 75.6 Å². The van der Waals surface area contributed by atoms with E-state index in [1.54, 1.807) is 12.1 Å². The van der Waals surface area contributed by atoms with Crippen molar-refractivity contribution in [1.29, 1.82) is 0 Å². The summed E-state index contributed by atoms with van der Waals surface area (Å²) < 4.78 is 136. The second kappa shape index (κ2) is 22.2. The number of aryl methyl sites for hydroxylation is 2. The molecule has 10 aromatic rings. The van der Waals surface area contributed by atoms with Gasteiger partial charge in [-0.25, -0.2) is 4.98 Å². The zero-order valence-corrected chi connectivity index (χ0v) is 46.2. The topological polar surface area (TPSA) is 33.5 Å². The van der Waals surface area contributed by atoms with Gasteiger partial charge in [0.1, 0.15) is 24.0 Å². The highest BCUT2D eigenvalue weighted by atomic mass is 16.5. The van der Waals surface area contributed by atoms with E-state index in [9.17, 15) is 8.22 Å². The molecular formula is C73H76N4O. The van der Waals surface area contributed by atoms with Crippen LogP contribution in [0, 0.1) is 0 Å². The van der Waals surface area contributed by atoms with Gasteiger partial charge in [0.25, 0.3) is 0 Å². The highest BCUT2D eigenvalue weighted by molar-refractivity contribution is 6.11. The van der Waals surface area contributed by atoms with Gasteiger partial charge in [-0.15, -0.1) is 0 Å². The minimum atomic E-state index is -0.742. The summed E-state index contributed by atoms with van der Waals surface area (Å²) >= 11 is 0. The number of nitrogens with zero attached hydrogens (tertiary/aromatic N) is 4. The number of para-hydroxylation sites is 2. The van der Waals surface area contributed by atoms with E-state index in [0.29, 0.717) is 34.1 Å². The molecule has 0 amide bonds. The molecular weight excluding hydrogens is 949 g/mol. The minimum Gasteiger partial charge on any atom is -0.457 e. The van der Waals surface area contributed by atoms with Gasteiger partial charge in [0.15, 0.2) is 0 Å². The molecule has 5 heteroatoms. The zero-order chi connectivity index (χ0) is 66.2. The van der Waals surface area contributed by atoms with Crippen molar-refractivity contribution in [2.75, 3.05) is 16.5 Å². The van der Waals surface area contributed by atoms with Crippen molar-refractivity contribution < 1.29 is 23.9 Å². The summed E-state index contributed by atoms with van der Waals surface area (Å²) in [6.45, 7) is 16.9. The highest BCUT2D eigenvalue weighted by Gasteiger charge is 2.33. The quantitative estimate of drug-likeness (QED) is 0.0851. The molecule has 0 bridgehead atoms. The molecule has 0 aliphatic carbocycles. The Bertz CT molecular complexity index is 4530. The van der Waals surface area contributed by atoms with E-state index in [4.69, 9.17) is 20.7 Å². The summed E-state index contributed by atoms with van der Waals surface area (Å²) in [5.41, 5.74) is 6.69. The third-order valence-electron chi connectivity index (χ3n) is 15.0. The molecule has 1 aliphatic heterocycles. The summed E-state index contributed by atoms with van der Waals surface area (Å²) in [6, 6.07) is 25.0. The van der Waals surface area contributed by atoms with Gasteiger partial charge in [0.05, 0.1) is 47.3 Å². The van der Waals surface area contributed by atoms with Gasteiger partial charge in [0.2, 0.25) is 0 Å². The monoisotopic (exact) mass is 1040 g/mol. The summed E-state index contributed by atoms with van der Waals surface area (Å²) in [7, 11) is 0. The maximum Gasteiger partial charge on any atom is 0.137 e. The molecule has 1 aliphatic rings. The summed E-state index contributed by atoms with van der Waals surface area (Å²) in [5, 5.41) is 2.34. The molecule has 11 rings (SSSR count). The van der Waals surface area contributed by atoms with E-state index in [1.165, 1.54) is 48.6 Å². The maximum absolute atomic E-state index is 10.0. The third kappa shape index (κ3) is 10.6. The SMILES string of the molecule is [2H]c1c([2H])c([2H])c(-c2cc(C(C)(C)C)cc(-c3c([2H])c([2H])c([2H])c(-c4c([2H])c([2H])c([2H])c([2H])c4[2H])c3[2H])c2N2CN(c3cccc(Oc4ccc5c6c(CCC)c(CCCCCCCC)ccc6n(-c6cc(C(C)(C)C)ccn6)c5c4)c3)c3ccccc32)c([2H])c1[2H]. The zero-order valence-electron chi connectivity index (χ0n) is 60.2. The molecule has 3 heterocycles. The Balaban J connectivity index is 1.08. The Morgan fingerprint density at radius 2 is 1.21 bits per heavy atom. The Morgan fingerprint density at radius 3 is 1.94 bits per heavy atom. The lowest BCUT2D eigenvalue weighted by Gasteiger charge is -2.30. The maximum atomic E-state index is 10.0. The number of anilines is 4. The first-order chi connectivity index (χ1) is 43.7. The lowest BCUT2D eigenvalue weighted by atomic mass is 9.81. The Hall–Kier alpha value is -7.89. The molecule has 78 heavy (non-hydrogen) atoms. The van der Waals surface area contributed by atoms with Gasteiger partial charge in [-0.2, -0.15) is 0 Å². The first kappa shape index (κ1) is 37.8. The summed E-state index contributed by atoms with van der Waals surface area (Å²) in [4.78, 5) is 8.94. The van der Waals surface area contributed by atoms with E-state index in [0.717, 1.165) is 53.5 Å². The van der Waals surface area contributed by atoms with Crippen LogP contribution in [-0.2, 0) is 23.7 Å². The second-order valence-electron chi connectivity index (χ2n) is 22.5. The van der Waals surface area contributed by atoms with Crippen LogP contribution in [-0.4, -0.2) is 16.2 Å². The van der Waals surface area contributed by atoms with Gasteiger partial charge >= 0.3 is 0 Å². The fourth-order valence-electron chi connectivity index (χ4n) is 11.0. The Morgan fingerprint density at radius 1 is 0.538 bits per heavy atom. The van der Waals surface area contributed by atoms with Crippen molar-refractivity contribution in [3.8, 4) is 50.7 Å². The van der Waals surface area contributed by atoms with Crippen molar-refractivity contribution in [2.45, 2.75) is 124 Å². The molecule has 0 unspecified atom stereocenters. The number of rotatable bonds is 17. The number of hydrogen-bond acceptors (Lipinski definition) is 4. The number of aromatic nitrogens is 2. The van der Waals surface area contributed by atoms with Gasteiger partial charge < -0.3 is 14.5 Å². The highest BCUT2D eigenvalue weighted by Crippen LogP contribution is 2.52. The van der Waals surface area contributed by atoms with Crippen LogP contribution in [0.1, 0.15) is 142 Å². The average molecular weight is 1040 g/mol. The summed E-state index contributed by atoms with van der Waals surface area (Å²) in [5.74, 6) is 1.93. The number of benzene rings is 8. The minimum absolute atomic E-state index is 0.00481. The van der Waals surface area contributed by atoms with Crippen LogP contribution in [0.2, 0.25) is 0 Å². The van der Waals surface area contributed by atoms with Crippen LogP contribution in [0.25, 0.3) is 61.0 Å². The van der Waals surface area contributed by atoms with E-state index in [1.807, 2.05) is 91.4 Å². The Labute approximate surface area is 483 Å². The molecule has 0 atom stereocenters. The Kier molecular flexibility index (Phi) is 10.8. The predicted octanol–water partition coefficient (Wildman–Crippen LogP) is 20.7. The van der Waals surface area contributed by atoms with Crippen molar-refractivity contribution in [2.24, 2.45) is 0 Å². The van der Waals surface area contributed by atoms with E-state index in [-0.39, 0.29) is 40.0 Å². The third-order valence-corrected chi connectivity index (χ3v) is 15.0. The largest absolute Gasteiger partial charge is 0.457 e. The lowest BCUT2D eigenvalue weighted by molar-refractivity contribution is 0.483. The molecule has 0 saturated heterocycles. The van der Waals surface area contributed by atoms with Crippen LogP contribution >= 0.6 is 0 Å². The van der Waals surface area contributed by atoms with Gasteiger partial charge in [0, 0.05) is 45.9 Å². The van der Waals surface area contributed by atoms with Gasteiger partial charge in [-0.3, -0.25) is 4.57 Å². The van der Waals surface area contributed by atoms with Crippen LogP contribution < -0.4 is 14.5 Å². The van der Waals surface area contributed by atoms with Crippen molar-refractivity contribution in [1.82, 2.24) is 9.55 Å². The first-order valence-corrected chi connectivity index (χ1v) is 27.6. The number of unbranched alkanes of at least 4 members (excludes halogenated alkanes) is 5. The number of hydrogen-bond donors (Lipinski definition) is 0. The number of fused-ring (bicyclic) bond motifs is 4. The number of pyridine rings is 1. The molecule has 0 fully saturated rings. The van der Waals surface area contributed by atoms with Crippen LogP contribution in [0.3, 0.4) is 0 Å². The summed E-state index contributed by atoms with van der Waals surface area (Å²) in [6.07, 6.45) is 12.2. The van der Waals surface area contributed by atoms with Gasteiger partial charge in [-0.05, 0) is 147 Å². The second-order valence-corrected chi connectivity index (χ2v) is 22.5. The number of ether oxygens (including phenoxy) is 1. The normalized spacial score (nSPS) is 15.2. The molecule has 2 aromatic heterocycles. The fourth-order valence-corrected chi connectivity index (χ4v) is 11.0. The molecule has 394 valence electrons. The van der Waals surface area contributed by atoms with Gasteiger partial charge in [-0.1, -0.05) is 197 Å². The predicted molar refractivity (Wildman–Crippen MR) is 332 cm³/mol. The molecule has 0 saturated carbocycles. The fraction of sp³-hybridized carbons (Fsp3) is 0.274. The smallest absolute Gasteiger partial charge is 0.137 e. The van der Waals surface area contributed by atoms with Crippen LogP contribution in [0.5, 0.6) is 11.5 Å². The molecule has 5 nitrogen and oxygen atoms in total. The van der Waals surface area contributed by atoms with Crippen molar-refractivity contribution >= 4 is 44.6 Å². The van der Waals surface area contributed by atoms with Crippen LogP contribution in [0.4, 0.5) is 22.7 Å². The molecule has 0 spiro atoms. The molecule has 0 N–H and O–H groups in total. The first-order valence-electron chi connectivity index (χ1n) is 34.6. The van der Waals surface area contributed by atoms with Crippen molar-refractivity contribution in [3.05, 3.63) is 216 Å². The van der Waals surface area contributed by atoms with Crippen molar-refractivity contribution in [3.63, 3.8) is 0 Å². The van der Waals surface area contributed by atoms with Crippen LogP contribution in [0.15, 0.2) is 194 Å². The lowest BCUT2D eigenvalue weighted by Crippen LogP contribution is -2.25. The standard InChI is InChI=1S/C73H76N4O/c1-9-11-12-13-14-17-31-53-38-41-67-70(61(53)26-10-2)62-40-39-60(49-68(62)77(67)69-47-56(42-43-74-69)72(3,4)5)78-59-35-25-34-58(48-59)75-50-76(66-37-23-22-36-65(66)75)71-63(52-29-20-16-21-30-52)45-57(73(6,7)8)46-64(71)55-33-24-32-54(44-55)51-27-18-15-19-28-51/h15-16,18-25,27-30,32-49H,9-14,17,26,31,50H2,1-8H3/i15D,16D,18D,19D,20D,21D,24D,27D,28D,29D,30D,32D,33D,44D. The average Bonchev–Trinajstić information content (AvgIpc) is 1.22. The molecule has 0 radical (unpaired) electrons. The molecule has 8 aromatic carbocycles.